The van der Waals surface area contributed by atoms with Gasteiger partial charge in [-0.1, -0.05) is 18.3 Å². The normalized spacial score (nSPS) is 21.9. The van der Waals surface area contributed by atoms with Gasteiger partial charge in [-0.15, -0.1) is 0 Å². The zero-order chi connectivity index (χ0) is 14.7. The third-order valence-electron chi connectivity index (χ3n) is 3.50. The van der Waals surface area contributed by atoms with Gasteiger partial charge in [-0.05, 0) is 12.8 Å². The van der Waals surface area contributed by atoms with Crippen LogP contribution in [0, 0.1) is 5.92 Å². The Labute approximate surface area is 123 Å². The number of ether oxygens (including phenoxy) is 1. The minimum Gasteiger partial charge on any atom is -0.382 e. The van der Waals surface area contributed by atoms with Gasteiger partial charge in [0.05, 0.1) is 6.10 Å². The lowest BCUT2D eigenvalue weighted by atomic mass is 10.00. The van der Waals surface area contributed by atoms with E-state index < -0.39 is 0 Å². The second-order valence-electron chi connectivity index (χ2n) is 5.18. The highest BCUT2D eigenvalue weighted by atomic mass is 32.1. The lowest BCUT2D eigenvalue weighted by Gasteiger charge is -2.16. The molecule has 1 aromatic rings. The molecule has 0 aliphatic carbocycles. The van der Waals surface area contributed by atoms with Gasteiger partial charge in [-0.2, -0.15) is 0 Å². The Morgan fingerprint density at radius 3 is 2.95 bits per heavy atom. The first-order chi connectivity index (χ1) is 9.52. The fourth-order valence-electron chi connectivity index (χ4n) is 2.36. The minimum atomic E-state index is -0.144. The van der Waals surface area contributed by atoms with Gasteiger partial charge in [0.2, 0.25) is 0 Å². The lowest BCUT2D eigenvalue weighted by molar-refractivity contribution is 0.0828. The maximum atomic E-state index is 12.2. The van der Waals surface area contributed by atoms with E-state index in [0.717, 1.165) is 24.6 Å². The fourth-order valence-corrected chi connectivity index (χ4v) is 3.18. The Balaban J connectivity index is 1.95. The molecule has 1 amide bonds. The molecular formula is C13H22N4O2S. The molecule has 0 bridgehead atoms. The van der Waals surface area contributed by atoms with Crippen LogP contribution in [0.15, 0.2) is 0 Å². The van der Waals surface area contributed by atoms with Crippen LogP contribution in [0.2, 0.25) is 0 Å². The number of aromatic nitrogens is 1. The van der Waals surface area contributed by atoms with Crippen LogP contribution in [-0.4, -0.2) is 44.2 Å². The molecule has 1 aromatic heterocycles. The lowest BCUT2D eigenvalue weighted by Crippen LogP contribution is -2.32. The Morgan fingerprint density at radius 1 is 1.60 bits per heavy atom. The van der Waals surface area contributed by atoms with Crippen LogP contribution in [-0.2, 0) is 4.74 Å². The molecule has 6 nitrogen and oxygen atoms in total. The highest BCUT2D eigenvalue weighted by Crippen LogP contribution is 2.27. The summed E-state index contributed by atoms with van der Waals surface area (Å²) in [6, 6.07) is 0. The second-order valence-corrected chi connectivity index (χ2v) is 6.16. The van der Waals surface area contributed by atoms with Crippen LogP contribution in [0.25, 0.3) is 0 Å². The summed E-state index contributed by atoms with van der Waals surface area (Å²) >= 11 is 1.31. The molecule has 2 atom stereocenters. The molecule has 3 N–H and O–H groups in total. The van der Waals surface area contributed by atoms with Crippen molar-refractivity contribution in [1.29, 1.82) is 0 Å². The Bertz CT molecular complexity index is 475. The molecule has 1 saturated heterocycles. The number of carbonyl (C=O) groups excluding carboxylic acids is 1. The molecule has 1 fully saturated rings. The summed E-state index contributed by atoms with van der Waals surface area (Å²) in [6.07, 6.45) is 2.24. The first-order valence-corrected chi connectivity index (χ1v) is 7.68. The van der Waals surface area contributed by atoms with Crippen molar-refractivity contribution >= 4 is 28.2 Å². The molecule has 112 valence electrons. The number of anilines is 2. The molecule has 7 heteroatoms. The van der Waals surface area contributed by atoms with Gasteiger partial charge in [0.1, 0.15) is 10.7 Å². The van der Waals surface area contributed by atoms with Crippen molar-refractivity contribution in [3.8, 4) is 0 Å². The Morgan fingerprint density at radius 2 is 2.35 bits per heavy atom. The van der Waals surface area contributed by atoms with E-state index in [1.54, 1.807) is 0 Å². The third-order valence-corrected chi connectivity index (χ3v) is 4.74. The van der Waals surface area contributed by atoms with Crippen LogP contribution in [0.1, 0.15) is 29.4 Å². The quantitative estimate of drug-likeness (QED) is 0.857. The molecule has 20 heavy (non-hydrogen) atoms. The maximum absolute atomic E-state index is 12.2. The van der Waals surface area contributed by atoms with Crippen molar-refractivity contribution in [2.45, 2.75) is 25.9 Å². The van der Waals surface area contributed by atoms with E-state index >= 15 is 0 Å². The first kappa shape index (κ1) is 15.1. The Hall–Kier alpha value is -1.34. The van der Waals surface area contributed by atoms with Crippen LogP contribution in [0.3, 0.4) is 0 Å². The van der Waals surface area contributed by atoms with Gasteiger partial charge < -0.3 is 20.7 Å². The zero-order valence-electron chi connectivity index (χ0n) is 12.2. The maximum Gasteiger partial charge on any atom is 0.265 e. The molecule has 0 spiro atoms. The number of rotatable bonds is 5. The second kappa shape index (κ2) is 6.41. The minimum absolute atomic E-state index is 0.144. The summed E-state index contributed by atoms with van der Waals surface area (Å²) in [6.45, 7) is 3.52. The van der Waals surface area contributed by atoms with E-state index in [-0.39, 0.29) is 12.0 Å². The number of nitrogens with one attached hydrogen (secondary N) is 1. The summed E-state index contributed by atoms with van der Waals surface area (Å²) in [7, 11) is 3.75. The van der Waals surface area contributed by atoms with Gasteiger partial charge >= 0.3 is 0 Å². The highest BCUT2D eigenvalue weighted by molar-refractivity contribution is 7.18. The molecule has 2 heterocycles. The van der Waals surface area contributed by atoms with Gasteiger partial charge in [-0.3, -0.25) is 4.79 Å². The third kappa shape index (κ3) is 3.21. The fraction of sp³-hybridized carbons (Fsp3) is 0.692. The number of thiazole rings is 1. The van der Waals surface area contributed by atoms with Crippen molar-refractivity contribution in [3.63, 3.8) is 0 Å². The van der Waals surface area contributed by atoms with Gasteiger partial charge in [0.25, 0.3) is 5.91 Å². The molecule has 2 unspecified atom stereocenters. The van der Waals surface area contributed by atoms with Crippen LogP contribution in [0.5, 0.6) is 0 Å². The number of carbonyl (C=O) groups is 1. The van der Waals surface area contributed by atoms with E-state index in [4.69, 9.17) is 10.5 Å². The molecule has 0 saturated carbocycles. The molecule has 0 aromatic carbocycles. The van der Waals surface area contributed by atoms with E-state index in [9.17, 15) is 4.79 Å². The molecule has 2 rings (SSSR count). The SMILES string of the molecule is CCC1OCCC1CNC(=O)c1sc(N(C)C)nc1N. The van der Waals surface area contributed by atoms with Crippen LogP contribution < -0.4 is 16.0 Å². The number of nitrogens with two attached hydrogens (primary N) is 1. The van der Waals surface area contributed by atoms with Crippen molar-refractivity contribution < 1.29 is 9.53 Å². The topological polar surface area (TPSA) is 80.5 Å². The smallest absolute Gasteiger partial charge is 0.265 e. The Kier molecular flexibility index (Phi) is 4.82. The summed E-state index contributed by atoms with van der Waals surface area (Å²) in [5.74, 6) is 0.548. The standard InChI is InChI=1S/C13H22N4O2S/c1-4-9-8(5-6-19-9)7-15-12(18)10-11(14)16-13(20-10)17(2)3/h8-9H,4-7,14H2,1-3H3,(H,15,18). The number of nitrogens with zero attached hydrogens (tertiary/aromatic N) is 2. The highest BCUT2D eigenvalue weighted by Gasteiger charge is 2.27. The van der Waals surface area contributed by atoms with Crippen LogP contribution in [0.4, 0.5) is 10.9 Å². The predicted molar refractivity (Wildman–Crippen MR) is 81.3 cm³/mol. The number of hydrogen-bond donors (Lipinski definition) is 2. The van der Waals surface area contributed by atoms with Crippen molar-refractivity contribution in [2.75, 3.05) is 37.9 Å². The van der Waals surface area contributed by atoms with E-state index in [1.165, 1.54) is 11.3 Å². The van der Waals surface area contributed by atoms with E-state index in [0.29, 0.717) is 23.2 Å². The summed E-state index contributed by atoms with van der Waals surface area (Å²) in [5, 5.41) is 3.69. The van der Waals surface area contributed by atoms with E-state index in [1.807, 2.05) is 19.0 Å². The molecule has 1 aliphatic heterocycles. The van der Waals surface area contributed by atoms with Crippen molar-refractivity contribution in [3.05, 3.63) is 4.88 Å². The van der Waals surface area contributed by atoms with Gasteiger partial charge in [0.15, 0.2) is 5.13 Å². The summed E-state index contributed by atoms with van der Waals surface area (Å²) in [4.78, 5) is 18.7. The summed E-state index contributed by atoms with van der Waals surface area (Å²) in [5.41, 5.74) is 5.80. The van der Waals surface area contributed by atoms with Crippen molar-refractivity contribution in [1.82, 2.24) is 10.3 Å². The summed E-state index contributed by atoms with van der Waals surface area (Å²) < 4.78 is 5.62. The largest absolute Gasteiger partial charge is 0.382 e. The first-order valence-electron chi connectivity index (χ1n) is 6.86. The van der Waals surface area contributed by atoms with E-state index in [2.05, 4.69) is 17.2 Å². The number of amides is 1. The van der Waals surface area contributed by atoms with Gasteiger partial charge in [-0.25, -0.2) is 4.98 Å². The van der Waals surface area contributed by atoms with Gasteiger partial charge in [0, 0.05) is 33.2 Å². The molecule has 1 aliphatic rings. The van der Waals surface area contributed by atoms with Crippen LogP contribution >= 0.6 is 11.3 Å². The molecule has 0 radical (unpaired) electrons. The zero-order valence-corrected chi connectivity index (χ0v) is 13.0. The average Bonchev–Trinajstić information content (AvgIpc) is 3.01. The number of hydrogen-bond acceptors (Lipinski definition) is 6. The average molecular weight is 298 g/mol. The monoisotopic (exact) mass is 298 g/mol. The molecular weight excluding hydrogens is 276 g/mol. The number of nitrogen functional groups attached to an aromatic ring is 1. The predicted octanol–water partition coefficient (Wildman–Crippen LogP) is 1.34. The van der Waals surface area contributed by atoms with Crippen molar-refractivity contribution in [2.24, 2.45) is 5.92 Å².